The largest absolute Gasteiger partial charge is 0.335 e. The van der Waals surface area contributed by atoms with Crippen molar-refractivity contribution in [1.82, 2.24) is 35.0 Å². The van der Waals surface area contributed by atoms with E-state index < -0.39 is 0 Å². The zero-order chi connectivity index (χ0) is 31.3. The molecule has 1 aliphatic rings. The summed E-state index contributed by atoms with van der Waals surface area (Å²) >= 11 is 0. The van der Waals surface area contributed by atoms with Gasteiger partial charge in [0.2, 0.25) is 0 Å². The maximum atomic E-state index is 14.8. The lowest BCUT2D eigenvalue weighted by molar-refractivity contribution is 0.356. The molecular formula is C37H42FN7. The van der Waals surface area contributed by atoms with E-state index in [4.69, 9.17) is 4.98 Å². The lowest BCUT2D eigenvalue weighted by Gasteiger charge is -2.21. The maximum absolute atomic E-state index is 14.8. The van der Waals surface area contributed by atoms with Crippen molar-refractivity contribution in [2.45, 2.75) is 58.3 Å². The Kier molecular flexibility index (Phi) is 9.31. The lowest BCUT2D eigenvalue weighted by atomic mass is 9.85. The Labute approximate surface area is 264 Å². The van der Waals surface area contributed by atoms with E-state index in [0.717, 1.165) is 75.6 Å². The molecule has 232 valence electrons. The van der Waals surface area contributed by atoms with Crippen LogP contribution in [0.3, 0.4) is 0 Å². The number of hydrogen-bond acceptors (Lipinski definition) is 5. The SMILES string of the molecule is C=C(/C=c1/c(-c2nc3nccc(-c4cc(F)cc(CCCN(C)C)c4)c3[nH]2)n[nH]/c1=C/C)c1cncc(CC2CCCCC2)c1. The molecule has 1 aliphatic carbocycles. The summed E-state index contributed by atoms with van der Waals surface area (Å²) in [6, 6.07) is 9.38. The summed E-state index contributed by atoms with van der Waals surface area (Å²) in [5, 5.41) is 9.55. The van der Waals surface area contributed by atoms with E-state index in [-0.39, 0.29) is 5.82 Å². The first-order valence-electron chi connectivity index (χ1n) is 16.0. The number of halogens is 1. The number of imidazole rings is 1. The Morgan fingerprint density at radius 2 is 1.93 bits per heavy atom. The first-order valence-corrected chi connectivity index (χ1v) is 16.0. The van der Waals surface area contributed by atoms with Gasteiger partial charge in [-0.1, -0.05) is 50.8 Å². The molecule has 5 aromatic rings. The van der Waals surface area contributed by atoms with Gasteiger partial charge in [0.05, 0.1) is 10.9 Å². The van der Waals surface area contributed by atoms with Gasteiger partial charge in [0.15, 0.2) is 11.5 Å². The third-order valence-corrected chi connectivity index (χ3v) is 8.81. The van der Waals surface area contributed by atoms with Gasteiger partial charge in [-0.25, -0.2) is 14.4 Å². The van der Waals surface area contributed by atoms with E-state index in [2.05, 4.69) is 48.8 Å². The molecule has 0 atom stereocenters. The molecule has 1 fully saturated rings. The third-order valence-electron chi connectivity index (χ3n) is 8.81. The fraction of sp³-hybridized carbons (Fsp3) is 0.351. The topological polar surface area (TPSA) is 86.4 Å². The summed E-state index contributed by atoms with van der Waals surface area (Å²) in [7, 11) is 4.10. The quantitative estimate of drug-likeness (QED) is 0.191. The van der Waals surface area contributed by atoms with E-state index in [0.29, 0.717) is 17.2 Å². The van der Waals surface area contributed by atoms with Crippen molar-refractivity contribution in [3.63, 3.8) is 0 Å². The van der Waals surface area contributed by atoms with Crippen LogP contribution < -0.4 is 10.6 Å². The summed E-state index contributed by atoms with van der Waals surface area (Å²) in [4.78, 5) is 19.5. The van der Waals surface area contributed by atoms with Crippen molar-refractivity contribution in [3.05, 3.63) is 88.6 Å². The zero-order valence-corrected chi connectivity index (χ0v) is 26.5. The van der Waals surface area contributed by atoms with Gasteiger partial charge in [-0.3, -0.25) is 10.1 Å². The second kappa shape index (κ2) is 13.7. The number of pyridine rings is 2. The summed E-state index contributed by atoms with van der Waals surface area (Å²) in [5.41, 5.74) is 7.69. The smallest absolute Gasteiger partial charge is 0.178 e. The van der Waals surface area contributed by atoms with Crippen LogP contribution in [0.1, 0.15) is 62.1 Å². The average Bonchev–Trinajstić information content (AvgIpc) is 3.65. The van der Waals surface area contributed by atoms with Crippen LogP contribution in [0.2, 0.25) is 0 Å². The van der Waals surface area contributed by atoms with Crippen LogP contribution in [0, 0.1) is 11.7 Å². The van der Waals surface area contributed by atoms with Crippen molar-refractivity contribution < 1.29 is 4.39 Å². The predicted octanol–water partition coefficient (Wildman–Crippen LogP) is 6.46. The van der Waals surface area contributed by atoms with Gasteiger partial charge in [-0.05, 0) is 111 Å². The Bertz CT molecular complexity index is 1930. The number of hydrogen-bond donors (Lipinski definition) is 2. The van der Waals surface area contributed by atoms with Gasteiger partial charge in [0.25, 0.3) is 0 Å². The van der Waals surface area contributed by atoms with Gasteiger partial charge in [-0.15, -0.1) is 0 Å². The number of allylic oxidation sites excluding steroid dienone is 1. The minimum Gasteiger partial charge on any atom is -0.335 e. The lowest BCUT2D eigenvalue weighted by Crippen LogP contribution is -2.23. The molecule has 1 aromatic carbocycles. The van der Waals surface area contributed by atoms with Crippen LogP contribution in [0.4, 0.5) is 4.39 Å². The van der Waals surface area contributed by atoms with Crippen molar-refractivity contribution in [2.24, 2.45) is 5.92 Å². The Morgan fingerprint density at radius 1 is 1.09 bits per heavy atom. The van der Waals surface area contributed by atoms with Gasteiger partial charge >= 0.3 is 0 Å². The number of aromatic amines is 2. The predicted molar refractivity (Wildman–Crippen MR) is 181 cm³/mol. The summed E-state index contributed by atoms with van der Waals surface area (Å²) in [5.74, 6) is 1.07. The van der Waals surface area contributed by atoms with Crippen LogP contribution >= 0.6 is 0 Å². The normalized spacial score (nSPS) is 15.0. The minimum atomic E-state index is -0.250. The third kappa shape index (κ3) is 7.12. The van der Waals surface area contributed by atoms with Crippen molar-refractivity contribution >= 4 is 28.9 Å². The molecular weight excluding hydrogens is 561 g/mol. The first kappa shape index (κ1) is 30.6. The van der Waals surface area contributed by atoms with E-state index in [1.54, 1.807) is 18.3 Å². The monoisotopic (exact) mass is 603 g/mol. The van der Waals surface area contributed by atoms with E-state index >= 15 is 0 Å². The summed E-state index contributed by atoms with van der Waals surface area (Å²) in [6.45, 7) is 7.33. The summed E-state index contributed by atoms with van der Waals surface area (Å²) < 4.78 is 14.8. The Balaban J connectivity index is 1.33. The first-order chi connectivity index (χ1) is 21.9. The van der Waals surface area contributed by atoms with Crippen molar-refractivity contribution in [3.8, 4) is 22.6 Å². The number of rotatable bonds is 10. The van der Waals surface area contributed by atoms with Crippen LogP contribution in [0.15, 0.2) is 55.5 Å². The number of fused-ring (bicyclic) bond motifs is 1. The molecule has 0 saturated heterocycles. The minimum absolute atomic E-state index is 0.250. The van der Waals surface area contributed by atoms with Gasteiger partial charge in [0, 0.05) is 29.4 Å². The van der Waals surface area contributed by atoms with Gasteiger partial charge in [-0.2, -0.15) is 5.10 Å². The number of aromatic nitrogens is 6. The molecule has 1 saturated carbocycles. The molecule has 0 aliphatic heterocycles. The van der Waals surface area contributed by atoms with Crippen molar-refractivity contribution in [1.29, 1.82) is 0 Å². The maximum Gasteiger partial charge on any atom is 0.178 e. The molecule has 4 aromatic heterocycles. The van der Waals surface area contributed by atoms with Crippen LogP contribution in [0.25, 0.3) is 51.5 Å². The van der Waals surface area contributed by atoms with Crippen LogP contribution in [-0.4, -0.2) is 55.7 Å². The molecule has 0 spiro atoms. The second-order valence-electron chi connectivity index (χ2n) is 12.5. The van der Waals surface area contributed by atoms with Crippen LogP contribution in [-0.2, 0) is 12.8 Å². The van der Waals surface area contributed by atoms with E-state index in [1.807, 2.05) is 51.6 Å². The molecule has 8 heteroatoms. The zero-order valence-electron chi connectivity index (χ0n) is 26.5. The molecule has 0 bridgehead atoms. The second-order valence-corrected chi connectivity index (χ2v) is 12.5. The molecule has 0 radical (unpaired) electrons. The van der Waals surface area contributed by atoms with Gasteiger partial charge < -0.3 is 9.88 Å². The molecule has 0 unspecified atom stereocenters. The van der Waals surface area contributed by atoms with Crippen molar-refractivity contribution in [2.75, 3.05) is 20.6 Å². The highest BCUT2D eigenvalue weighted by Crippen LogP contribution is 2.30. The molecule has 0 amide bonds. The fourth-order valence-electron chi connectivity index (χ4n) is 6.48. The number of aryl methyl sites for hydroxylation is 1. The highest BCUT2D eigenvalue weighted by Gasteiger charge is 2.17. The number of nitrogens with one attached hydrogen (secondary N) is 2. The molecule has 4 heterocycles. The molecule has 7 nitrogen and oxygen atoms in total. The highest BCUT2D eigenvalue weighted by molar-refractivity contribution is 5.92. The van der Waals surface area contributed by atoms with Crippen LogP contribution in [0.5, 0.6) is 0 Å². The summed E-state index contributed by atoms with van der Waals surface area (Å²) in [6.07, 6.45) is 19.1. The number of H-pyrrole nitrogens is 2. The number of benzene rings is 1. The van der Waals surface area contributed by atoms with E-state index in [1.165, 1.54) is 37.7 Å². The highest BCUT2D eigenvalue weighted by atomic mass is 19.1. The fourth-order valence-corrected chi connectivity index (χ4v) is 6.48. The molecule has 6 rings (SSSR count). The average molecular weight is 604 g/mol. The Hall–Kier alpha value is -4.43. The number of nitrogens with zero attached hydrogens (tertiary/aromatic N) is 5. The standard InChI is InChI=1S/C37H42FN7/c1-5-33-32(16-24(2)29-19-27(22-39-23-29)17-25-10-7-6-8-11-25)35(44-43-33)37-41-34-31(13-14-40-36(34)42-37)28-18-26(20-30(38)21-28)12-9-15-45(3)4/h5,13-14,16,18-23,25,43H,2,6-12,15,17H2,1,3-4H3,(H,40,41,42)/b32-16+,33-5+. The molecule has 2 N–H and O–H groups in total. The molecule has 45 heavy (non-hydrogen) atoms. The van der Waals surface area contributed by atoms with E-state index in [9.17, 15) is 4.39 Å². The Morgan fingerprint density at radius 3 is 2.73 bits per heavy atom. The van der Waals surface area contributed by atoms with Gasteiger partial charge in [0.1, 0.15) is 11.5 Å².